The minimum Gasteiger partial charge on any atom is -0.486 e. The van der Waals surface area contributed by atoms with Crippen molar-refractivity contribution in [2.75, 3.05) is 46.4 Å². The van der Waals surface area contributed by atoms with E-state index in [9.17, 15) is 9.59 Å². The van der Waals surface area contributed by atoms with Crippen molar-refractivity contribution in [1.82, 2.24) is 15.1 Å². The zero-order valence-corrected chi connectivity index (χ0v) is 16.4. The molecule has 27 heavy (non-hydrogen) atoms. The minimum absolute atomic E-state index is 0.0353. The number of benzene rings is 1. The number of amides is 3. The topological polar surface area (TPSA) is 71.1 Å². The maximum absolute atomic E-state index is 12.3. The lowest BCUT2D eigenvalue weighted by Gasteiger charge is -2.39. The first-order valence-electron chi connectivity index (χ1n) is 9.50. The molecule has 1 atom stereocenters. The Hall–Kier alpha value is -2.28. The Morgan fingerprint density at radius 2 is 1.93 bits per heavy atom. The summed E-state index contributed by atoms with van der Waals surface area (Å²) in [5.41, 5.74) is 2.23. The molecule has 0 aliphatic carbocycles. The van der Waals surface area contributed by atoms with Gasteiger partial charge in [-0.25, -0.2) is 4.79 Å². The number of methoxy groups -OCH3 is 1. The number of hydrogen-bond acceptors (Lipinski definition) is 4. The third-order valence-corrected chi connectivity index (χ3v) is 5.23. The molecule has 3 amide bonds. The molecule has 2 saturated heterocycles. The van der Waals surface area contributed by atoms with Gasteiger partial charge in [0.15, 0.2) is 0 Å². The van der Waals surface area contributed by atoms with Crippen LogP contribution in [0.15, 0.2) is 18.2 Å². The van der Waals surface area contributed by atoms with Gasteiger partial charge in [-0.3, -0.25) is 4.79 Å². The van der Waals surface area contributed by atoms with Crippen molar-refractivity contribution < 1.29 is 19.1 Å². The molecule has 2 aliphatic heterocycles. The molecule has 3 rings (SSSR count). The zero-order chi connectivity index (χ0) is 19.4. The monoisotopic (exact) mass is 375 g/mol. The molecule has 2 fully saturated rings. The summed E-state index contributed by atoms with van der Waals surface area (Å²) < 4.78 is 11.1. The van der Waals surface area contributed by atoms with E-state index in [1.165, 1.54) is 0 Å². The van der Waals surface area contributed by atoms with Gasteiger partial charge in [0, 0.05) is 39.1 Å². The van der Waals surface area contributed by atoms with Crippen molar-refractivity contribution in [2.24, 2.45) is 5.92 Å². The second kappa shape index (κ2) is 8.61. The Bertz CT molecular complexity index is 668. The number of aryl methyl sites for hydroxylation is 2. The third-order valence-electron chi connectivity index (χ3n) is 5.23. The Labute approximate surface area is 160 Å². The summed E-state index contributed by atoms with van der Waals surface area (Å²) in [5, 5.41) is 2.95. The molecule has 0 spiro atoms. The molecule has 0 unspecified atom stereocenters. The van der Waals surface area contributed by atoms with Crippen molar-refractivity contribution in [3.8, 4) is 5.75 Å². The molecule has 1 N–H and O–H groups in total. The van der Waals surface area contributed by atoms with Crippen LogP contribution in [0.4, 0.5) is 4.79 Å². The van der Waals surface area contributed by atoms with E-state index in [4.69, 9.17) is 9.47 Å². The molecule has 0 saturated carbocycles. The highest BCUT2D eigenvalue weighted by atomic mass is 16.5. The smallest absolute Gasteiger partial charge is 0.317 e. The largest absolute Gasteiger partial charge is 0.486 e. The van der Waals surface area contributed by atoms with Gasteiger partial charge in [-0.1, -0.05) is 18.2 Å². The van der Waals surface area contributed by atoms with Gasteiger partial charge in [-0.05, 0) is 25.0 Å². The summed E-state index contributed by atoms with van der Waals surface area (Å²) in [6, 6.07) is 6.00. The first kappa shape index (κ1) is 19.5. The SMILES string of the molecule is COCCN1C[C@@H](CNC(=O)N2CC(Oc3c(C)cccc3C)C2)CC1=O. The van der Waals surface area contributed by atoms with E-state index in [1.54, 1.807) is 16.9 Å². The Morgan fingerprint density at radius 3 is 2.59 bits per heavy atom. The average Bonchev–Trinajstić information content (AvgIpc) is 2.95. The maximum Gasteiger partial charge on any atom is 0.317 e. The predicted octanol–water partition coefficient (Wildman–Crippen LogP) is 1.57. The van der Waals surface area contributed by atoms with Gasteiger partial charge in [0.2, 0.25) is 5.91 Å². The molecule has 0 radical (unpaired) electrons. The van der Waals surface area contributed by atoms with Crippen molar-refractivity contribution in [1.29, 1.82) is 0 Å². The van der Waals surface area contributed by atoms with Crippen LogP contribution in [0.25, 0.3) is 0 Å². The average molecular weight is 375 g/mol. The molecule has 148 valence electrons. The van der Waals surface area contributed by atoms with Crippen LogP contribution in [0.3, 0.4) is 0 Å². The fraction of sp³-hybridized carbons (Fsp3) is 0.600. The Balaban J connectivity index is 1.38. The van der Waals surface area contributed by atoms with Crippen molar-refractivity contribution in [3.63, 3.8) is 0 Å². The molecule has 2 aliphatic rings. The quantitative estimate of drug-likeness (QED) is 0.785. The maximum atomic E-state index is 12.3. The number of hydrogen-bond donors (Lipinski definition) is 1. The number of para-hydroxylation sites is 1. The first-order chi connectivity index (χ1) is 13.0. The lowest BCUT2D eigenvalue weighted by Crippen LogP contribution is -2.59. The van der Waals surface area contributed by atoms with Crippen LogP contribution in [-0.2, 0) is 9.53 Å². The lowest BCUT2D eigenvalue weighted by molar-refractivity contribution is -0.128. The van der Waals surface area contributed by atoms with Crippen molar-refractivity contribution in [3.05, 3.63) is 29.3 Å². The summed E-state index contributed by atoms with van der Waals surface area (Å²) >= 11 is 0. The number of carbonyl (C=O) groups excluding carboxylic acids is 2. The minimum atomic E-state index is -0.0841. The zero-order valence-electron chi connectivity index (χ0n) is 16.4. The van der Waals surface area contributed by atoms with Crippen LogP contribution in [0.1, 0.15) is 17.5 Å². The Kier molecular flexibility index (Phi) is 6.21. The molecular formula is C20H29N3O4. The van der Waals surface area contributed by atoms with Gasteiger partial charge in [0.1, 0.15) is 11.9 Å². The van der Waals surface area contributed by atoms with E-state index in [1.807, 2.05) is 32.0 Å². The fourth-order valence-electron chi connectivity index (χ4n) is 3.58. The summed E-state index contributed by atoms with van der Waals surface area (Å²) in [6.45, 7) is 7.60. The van der Waals surface area contributed by atoms with Gasteiger partial charge in [0.05, 0.1) is 19.7 Å². The lowest BCUT2D eigenvalue weighted by atomic mass is 10.1. The molecule has 0 bridgehead atoms. The fourth-order valence-corrected chi connectivity index (χ4v) is 3.58. The van der Waals surface area contributed by atoms with Gasteiger partial charge < -0.3 is 24.6 Å². The number of likely N-dealkylation sites (tertiary alicyclic amines) is 2. The van der Waals surface area contributed by atoms with Crippen LogP contribution in [0, 0.1) is 19.8 Å². The molecule has 7 heteroatoms. The molecule has 1 aromatic rings. The summed E-state index contributed by atoms with van der Waals surface area (Å²) in [4.78, 5) is 27.8. The summed E-state index contributed by atoms with van der Waals surface area (Å²) in [6.07, 6.45) is 0.524. The molecular weight excluding hydrogens is 346 g/mol. The highest BCUT2D eigenvalue weighted by Crippen LogP contribution is 2.26. The van der Waals surface area contributed by atoms with Crippen LogP contribution in [-0.4, -0.2) is 74.3 Å². The van der Waals surface area contributed by atoms with E-state index in [0.717, 1.165) is 16.9 Å². The van der Waals surface area contributed by atoms with Gasteiger partial charge in [0.25, 0.3) is 0 Å². The highest BCUT2D eigenvalue weighted by molar-refractivity contribution is 5.79. The first-order valence-corrected chi connectivity index (χ1v) is 9.50. The van der Waals surface area contributed by atoms with Gasteiger partial charge >= 0.3 is 6.03 Å². The highest BCUT2D eigenvalue weighted by Gasteiger charge is 2.34. The van der Waals surface area contributed by atoms with E-state index in [0.29, 0.717) is 45.8 Å². The second-order valence-electron chi connectivity index (χ2n) is 7.45. The van der Waals surface area contributed by atoms with Gasteiger partial charge in [-0.15, -0.1) is 0 Å². The normalized spacial score (nSPS) is 20.0. The van der Waals surface area contributed by atoms with Gasteiger partial charge in [-0.2, -0.15) is 0 Å². The van der Waals surface area contributed by atoms with Crippen LogP contribution < -0.4 is 10.1 Å². The number of ether oxygens (including phenoxy) is 2. The number of nitrogens with one attached hydrogen (secondary N) is 1. The second-order valence-corrected chi connectivity index (χ2v) is 7.45. The third kappa shape index (κ3) is 4.71. The Morgan fingerprint density at radius 1 is 1.22 bits per heavy atom. The number of nitrogens with zero attached hydrogens (tertiary/aromatic N) is 2. The molecule has 2 heterocycles. The van der Waals surface area contributed by atoms with Crippen molar-refractivity contribution in [2.45, 2.75) is 26.4 Å². The van der Waals surface area contributed by atoms with E-state index in [2.05, 4.69) is 5.32 Å². The van der Waals surface area contributed by atoms with E-state index < -0.39 is 0 Å². The standard InChI is InChI=1S/C20H29N3O4/c1-14-5-4-6-15(2)19(14)27-17-12-23(13-17)20(25)21-10-16-9-18(24)22(11-16)7-8-26-3/h4-6,16-17H,7-13H2,1-3H3,(H,21,25)/t16-/m1/s1. The number of urea groups is 1. The van der Waals surface area contributed by atoms with Crippen LogP contribution in [0.2, 0.25) is 0 Å². The van der Waals surface area contributed by atoms with Crippen molar-refractivity contribution >= 4 is 11.9 Å². The van der Waals surface area contributed by atoms with E-state index >= 15 is 0 Å². The summed E-state index contributed by atoms with van der Waals surface area (Å²) in [5.74, 6) is 1.22. The molecule has 7 nitrogen and oxygen atoms in total. The van der Waals surface area contributed by atoms with Crippen LogP contribution in [0.5, 0.6) is 5.75 Å². The van der Waals surface area contributed by atoms with E-state index in [-0.39, 0.29) is 24.0 Å². The number of carbonyl (C=O) groups is 2. The summed E-state index contributed by atoms with van der Waals surface area (Å²) in [7, 11) is 1.63. The molecule has 0 aromatic heterocycles. The number of rotatable bonds is 7. The van der Waals surface area contributed by atoms with Crippen LogP contribution >= 0.6 is 0 Å². The molecule has 1 aromatic carbocycles. The predicted molar refractivity (Wildman–Crippen MR) is 102 cm³/mol.